The lowest BCUT2D eigenvalue weighted by Gasteiger charge is -2.05. The van der Waals surface area contributed by atoms with Crippen molar-refractivity contribution >= 4 is 15.9 Å². The molecule has 84 valence electrons. The zero-order valence-electron chi connectivity index (χ0n) is 9.13. The van der Waals surface area contributed by atoms with Crippen LogP contribution in [0.25, 0.3) is 0 Å². The summed E-state index contributed by atoms with van der Waals surface area (Å²) in [5.74, 6) is 0.915. The molecule has 1 rings (SSSR count). The minimum atomic E-state index is 0.915. The summed E-state index contributed by atoms with van der Waals surface area (Å²) in [6, 6.07) is 8.18. The van der Waals surface area contributed by atoms with E-state index in [0.717, 1.165) is 24.2 Å². The van der Waals surface area contributed by atoms with Crippen LogP contribution in [0.1, 0.15) is 18.4 Å². The molecule has 0 unspecified atom stereocenters. The maximum Gasteiger partial charge on any atom is 0.118 e. The van der Waals surface area contributed by atoms with Gasteiger partial charge < -0.3 is 10.1 Å². The van der Waals surface area contributed by atoms with Gasteiger partial charge in [-0.1, -0.05) is 28.1 Å². The summed E-state index contributed by atoms with van der Waals surface area (Å²) >= 11 is 3.42. The third-order valence-electron chi connectivity index (χ3n) is 2.23. The van der Waals surface area contributed by atoms with Gasteiger partial charge in [0, 0.05) is 11.9 Å². The van der Waals surface area contributed by atoms with Gasteiger partial charge >= 0.3 is 0 Å². The predicted octanol–water partition coefficient (Wildman–Crippen LogP) is 2.96. The molecule has 2 nitrogen and oxygen atoms in total. The van der Waals surface area contributed by atoms with Crippen LogP contribution in [0.5, 0.6) is 5.75 Å². The van der Waals surface area contributed by atoms with Crippen molar-refractivity contribution in [2.75, 3.05) is 19.0 Å². The van der Waals surface area contributed by atoms with E-state index in [1.807, 2.05) is 12.1 Å². The van der Waals surface area contributed by atoms with Crippen molar-refractivity contribution < 1.29 is 4.74 Å². The van der Waals surface area contributed by atoms with Crippen LogP contribution in [0, 0.1) is 0 Å². The molecule has 15 heavy (non-hydrogen) atoms. The Bertz CT molecular complexity index is 261. The van der Waals surface area contributed by atoms with E-state index in [1.54, 1.807) is 7.11 Å². The van der Waals surface area contributed by atoms with E-state index in [1.165, 1.54) is 18.4 Å². The third kappa shape index (κ3) is 5.19. The van der Waals surface area contributed by atoms with E-state index in [2.05, 4.69) is 33.4 Å². The molecule has 1 aromatic rings. The smallest absolute Gasteiger partial charge is 0.118 e. The molecule has 1 aromatic carbocycles. The molecule has 0 saturated heterocycles. The summed E-state index contributed by atoms with van der Waals surface area (Å²) in [5.41, 5.74) is 1.30. The number of nitrogens with one attached hydrogen (secondary N) is 1. The minimum absolute atomic E-state index is 0.915. The van der Waals surface area contributed by atoms with Gasteiger partial charge in [0.25, 0.3) is 0 Å². The van der Waals surface area contributed by atoms with Gasteiger partial charge in [-0.15, -0.1) is 0 Å². The molecule has 0 aliphatic rings. The largest absolute Gasteiger partial charge is 0.497 e. The van der Waals surface area contributed by atoms with Crippen LogP contribution in [-0.4, -0.2) is 19.0 Å². The van der Waals surface area contributed by atoms with E-state index in [9.17, 15) is 0 Å². The highest BCUT2D eigenvalue weighted by Gasteiger charge is 1.93. The lowest BCUT2D eigenvalue weighted by atomic mass is 10.2. The Balaban J connectivity index is 2.20. The van der Waals surface area contributed by atoms with E-state index < -0.39 is 0 Å². The van der Waals surface area contributed by atoms with Gasteiger partial charge in [-0.2, -0.15) is 0 Å². The molecular formula is C12H18BrNO. The summed E-state index contributed by atoms with van der Waals surface area (Å²) in [7, 11) is 1.69. The number of halogens is 1. The Morgan fingerprint density at radius 3 is 2.53 bits per heavy atom. The fourth-order valence-electron chi connectivity index (χ4n) is 1.32. The highest BCUT2D eigenvalue weighted by atomic mass is 79.9. The second-order valence-corrected chi connectivity index (χ2v) is 4.21. The van der Waals surface area contributed by atoms with E-state index in [4.69, 9.17) is 4.74 Å². The number of rotatable bonds is 7. The van der Waals surface area contributed by atoms with Gasteiger partial charge in [0.15, 0.2) is 0 Å². The average molecular weight is 272 g/mol. The van der Waals surface area contributed by atoms with Gasteiger partial charge in [0.2, 0.25) is 0 Å². The first-order chi connectivity index (χ1) is 7.36. The van der Waals surface area contributed by atoms with E-state index in [0.29, 0.717) is 0 Å². The van der Waals surface area contributed by atoms with Crippen LogP contribution in [-0.2, 0) is 6.54 Å². The van der Waals surface area contributed by atoms with Crippen molar-refractivity contribution in [3.8, 4) is 5.75 Å². The quantitative estimate of drug-likeness (QED) is 0.608. The number of methoxy groups -OCH3 is 1. The SMILES string of the molecule is COc1ccc(CNCCCCBr)cc1. The first-order valence-corrected chi connectivity index (χ1v) is 6.38. The molecule has 0 heterocycles. The molecule has 1 N–H and O–H groups in total. The number of benzene rings is 1. The Labute approximate surface area is 100 Å². The van der Waals surface area contributed by atoms with Crippen LogP contribution < -0.4 is 10.1 Å². The molecule has 3 heteroatoms. The zero-order chi connectivity index (χ0) is 10.9. The van der Waals surface area contributed by atoms with E-state index >= 15 is 0 Å². The summed E-state index contributed by atoms with van der Waals surface area (Å²) in [6.07, 6.45) is 2.46. The molecule has 0 aromatic heterocycles. The maximum atomic E-state index is 5.10. The Kier molecular flexibility index (Phi) is 6.44. The van der Waals surface area contributed by atoms with Crippen molar-refractivity contribution in [1.29, 1.82) is 0 Å². The number of ether oxygens (including phenoxy) is 1. The lowest BCUT2D eigenvalue weighted by molar-refractivity contribution is 0.414. The minimum Gasteiger partial charge on any atom is -0.497 e. The third-order valence-corrected chi connectivity index (χ3v) is 2.79. The standard InChI is InChI=1S/C12H18BrNO/c1-15-12-6-4-11(5-7-12)10-14-9-3-2-8-13/h4-7,14H,2-3,8-10H2,1H3. The molecule has 0 aliphatic carbocycles. The fraction of sp³-hybridized carbons (Fsp3) is 0.500. The van der Waals surface area contributed by atoms with Crippen LogP contribution in [0.3, 0.4) is 0 Å². The molecule has 0 fully saturated rings. The maximum absolute atomic E-state index is 5.10. The number of alkyl halides is 1. The Morgan fingerprint density at radius 2 is 1.93 bits per heavy atom. The Hall–Kier alpha value is -0.540. The molecule has 0 radical (unpaired) electrons. The highest BCUT2D eigenvalue weighted by Crippen LogP contribution is 2.10. The summed E-state index contributed by atoms with van der Waals surface area (Å²) in [5, 5.41) is 4.51. The molecule has 0 spiro atoms. The molecule has 0 amide bonds. The number of unbranched alkanes of at least 4 members (excludes halogenated alkanes) is 1. The molecule has 0 saturated carbocycles. The second kappa shape index (κ2) is 7.71. The average Bonchev–Trinajstić information content (AvgIpc) is 2.30. The predicted molar refractivity (Wildman–Crippen MR) is 67.7 cm³/mol. The van der Waals surface area contributed by atoms with Crippen molar-refractivity contribution in [2.24, 2.45) is 0 Å². The summed E-state index contributed by atoms with van der Waals surface area (Å²) in [4.78, 5) is 0. The normalized spacial score (nSPS) is 10.3. The molecular weight excluding hydrogens is 254 g/mol. The van der Waals surface area contributed by atoms with Crippen LogP contribution in [0.4, 0.5) is 0 Å². The monoisotopic (exact) mass is 271 g/mol. The van der Waals surface area contributed by atoms with Crippen LogP contribution in [0.2, 0.25) is 0 Å². The van der Waals surface area contributed by atoms with Crippen molar-refractivity contribution in [2.45, 2.75) is 19.4 Å². The van der Waals surface area contributed by atoms with Gasteiger partial charge in [-0.25, -0.2) is 0 Å². The second-order valence-electron chi connectivity index (χ2n) is 3.42. The van der Waals surface area contributed by atoms with Crippen molar-refractivity contribution in [1.82, 2.24) is 5.32 Å². The van der Waals surface area contributed by atoms with E-state index in [-0.39, 0.29) is 0 Å². The van der Waals surface area contributed by atoms with Crippen LogP contribution in [0.15, 0.2) is 24.3 Å². The lowest BCUT2D eigenvalue weighted by Crippen LogP contribution is -2.14. The first-order valence-electron chi connectivity index (χ1n) is 5.26. The Morgan fingerprint density at radius 1 is 1.20 bits per heavy atom. The molecule has 0 bridgehead atoms. The highest BCUT2D eigenvalue weighted by molar-refractivity contribution is 9.09. The summed E-state index contributed by atoms with van der Waals surface area (Å²) < 4.78 is 5.10. The van der Waals surface area contributed by atoms with Gasteiger partial charge in [0.1, 0.15) is 5.75 Å². The van der Waals surface area contributed by atoms with Crippen molar-refractivity contribution in [3.63, 3.8) is 0 Å². The first kappa shape index (κ1) is 12.5. The molecule has 0 aliphatic heterocycles. The molecule has 0 atom stereocenters. The van der Waals surface area contributed by atoms with Gasteiger partial charge in [-0.05, 0) is 37.1 Å². The summed E-state index contributed by atoms with van der Waals surface area (Å²) in [6.45, 7) is 2.02. The number of hydrogen-bond acceptors (Lipinski definition) is 2. The van der Waals surface area contributed by atoms with Crippen molar-refractivity contribution in [3.05, 3.63) is 29.8 Å². The topological polar surface area (TPSA) is 21.3 Å². The number of hydrogen-bond donors (Lipinski definition) is 1. The zero-order valence-corrected chi connectivity index (χ0v) is 10.7. The fourth-order valence-corrected chi connectivity index (χ4v) is 1.72. The van der Waals surface area contributed by atoms with Gasteiger partial charge in [0.05, 0.1) is 7.11 Å². The van der Waals surface area contributed by atoms with Crippen LogP contribution >= 0.6 is 15.9 Å². The van der Waals surface area contributed by atoms with Gasteiger partial charge in [-0.3, -0.25) is 0 Å².